The lowest BCUT2D eigenvalue weighted by Crippen LogP contribution is -2.61. The molecule has 0 bridgehead atoms. The minimum atomic E-state index is -0.561. The van der Waals surface area contributed by atoms with Crippen LogP contribution in [0, 0.1) is 0 Å². The molecule has 6 nitrogen and oxygen atoms in total. The second kappa shape index (κ2) is 3.71. The quantitative estimate of drug-likeness (QED) is 0.766. The van der Waals surface area contributed by atoms with Gasteiger partial charge in [0.2, 0.25) is 0 Å². The Labute approximate surface area is 93.4 Å². The van der Waals surface area contributed by atoms with Gasteiger partial charge >= 0.3 is 0 Å². The largest absolute Gasteiger partial charge is 0.375 e. The molecule has 0 spiro atoms. The number of hydrogen-bond acceptors (Lipinski definition) is 5. The summed E-state index contributed by atoms with van der Waals surface area (Å²) in [4.78, 5) is 21.2. The lowest BCUT2D eigenvalue weighted by atomic mass is 9.96. The molecule has 2 heterocycles. The molecule has 0 atom stereocenters. The van der Waals surface area contributed by atoms with Crippen molar-refractivity contribution in [1.29, 1.82) is 0 Å². The van der Waals surface area contributed by atoms with Crippen LogP contribution in [-0.2, 0) is 4.74 Å². The maximum atomic E-state index is 11.2. The molecule has 16 heavy (non-hydrogen) atoms. The molecule has 2 N–H and O–H groups in total. The molecule has 1 aromatic rings. The Morgan fingerprint density at radius 1 is 1.50 bits per heavy atom. The van der Waals surface area contributed by atoms with Crippen molar-refractivity contribution in [1.82, 2.24) is 9.97 Å². The summed E-state index contributed by atoms with van der Waals surface area (Å²) >= 11 is 0. The van der Waals surface area contributed by atoms with Crippen LogP contribution in [0.5, 0.6) is 0 Å². The van der Waals surface area contributed by atoms with Crippen molar-refractivity contribution < 1.29 is 9.53 Å². The van der Waals surface area contributed by atoms with Crippen molar-refractivity contribution in [3.05, 3.63) is 18.1 Å². The highest BCUT2D eigenvalue weighted by Crippen LogP contribution is 2.29. The Bertz CT molecular complexity index is 415. The van der Waals surface area contributed by atoms with Crippen LogP contribution in [0.15, 0.2) is 12.4 Å². The smallest absolute Gasteiger partial charge is 0.271 e. The van der Waals surface area contributed by atoms with E-state index in [1.807, 2.05) is 11.8 Å². The topological polar surface area (TPSA) is 81.3 Å². The van der Waals surface area contributed by atoms with E-state index in [0.29, 0.717) is 18.9 Å². The number of carbonyl (C=O) groups excluding carboxylic acids is 1. The first-order valence-corrected chi connectivity index (χ1v) is 4.97. The number of amides is 1. The Balaban J connectivity index is 2.21. The predicted octanol–water partition coefficient (Wildman–Crippen LogP) is -0.199. The summed E-state index contributed by atoms with van der Waals surface area (Å²) in [6.07, 6.45) is 3.00. The SMILES string of the molecule is COC1(C)CN(c2nccnc2C(N)=O)C1. The summed E-state index contributed by atoms with van der Waals surface area (Å²) in [5.41, 5.74) is 5.27. The molecule has 86 valence electrons. The second-order valence-electron chi connectivity index (χ2n) is 4.10. The fourth-order valence-corrected chi connectivity index (χ4v) is 1.78. The van der Waals surface area contributed by atoms with Gasteiger partial charge in [-0.05, 0) is 6.92 Å². The number of aromatic nitrogens is 2. The Morgan fingerprint density at radius 3 is 2.69 bits per heavy atom. The molecule has 0 unspecified atom stereocenters. The summed E-state index contributed by atoms with van der Waals surface area (Å²) in [5, 5.41) is 0. The van der Waals surface area contributed by atoms with Crippen molar-refractivity contribution >= 4 is 11.7 Å². The highest BCUT2D eigenvalue weighted by atomic mass is 16.5. The number of carbonyl (C=O) groups is 1. The number of methoxy groups -OCH3 is 1. The number of ether oxygens (including phenoxy) is 1. The van der Waals surface area contributed by atoms with E-state index in [1.54, 1.807) is 13.3 Å². The van der Waals surface area contributed by atoms with Crippen molar-refractivity contribution in [2.45, 2.75) is 12.5 Å². The third-order valence-corrected chi connectivity index (χ3v) is 2.76. The highest BCUT2D eigenvalue weighted by molar-refractivity contribution is 5.95. The molecule has 2 rings (SSSR count). The Kier molecular flexibility index (Phi) is 2.51. The number of nitrogens with two attached hydrogens (primary N) is 1. The first kappa shape index (κ1) is 10.8. The minimum absolute atomic E-state index is 0.174. The van der Waals surface area contributed by atoms with Crippen molar-refractivity contribution in [2.75, 3.05) is 25.1 Å². The number of anilines is 1. The van der Waals surface area contributed by atoms with Gasteiger partial charge in [0, 0.05) is 19.5 Å². The number of hydrogen-bond donors (Lipinski definition) is 1. The highest BCUT2D eigenvalue weighted by Gasteiger charge is 2.40. The van der Waals surface area contributed by atoms with Crippen LogP contribution in [0.25, 0.3) is 0 Å². The van der Waals surface area contributed by atoms with Crippen LogP contribution in [0.1, 0.15) is 17.4 Å². The van der Waals surface area contributed by atoms with Crippen molar-refractivity contribution in [3.8, 4) is 0 Å². The summed E-state index contributed by atoms with van der Waals surface area (Å²) in [7, 11) is 1.67. The van der Waals surface area contributed by atoms with E-state index in [9.17, 15) is 4.79 Å². The third kappa shape index (κ3) is 1.71. The maximum absolute atomic E-state index is 11.2. The molecule has 6 heteroatoms. The number of primary amides is 1. The average molecular weight is 222 g/mol. The molecule has 0 radical (unpaired) electrons. The third-order valence-electron chi connectivity index (χ3n) is 2.76. The Morgan fingerprint density at radius 2 is 2.12 bits per heavy atom. The first-order chi connectivity index (χ1) is 7.56. The van der Waals surface area contributed by atoms with Crippen LogP contribution < -0.4 is 10.6 Å². The van der Waals surface area contributed by atoms with E-state index in [0.717, 1.165) is 0 Å². The number of nitrogens with zero attached hydrogens (tertiary/aromatic N) is 3. The van der Waals surface area contributed by atoms with Crippen molar-refractivity contribution in [2.24, 2.45) is 5.73 Å². The van der Waals surface area contributed by atoms with Gasteiger partial charge in [0.25, 0.3) is 5.91 Å². The first-order valence-electron chi connectivity index (χ1n) is 4.97. The molecule has 0 saturated carbocycles. The zero-order chi connectivity index (χ0) is 11.8. The van der Waals surface area contributed by atoms with E-state index in [4.69, 9.17) is 10.5 Å². The van der Waals surface area contributed by atoms with Crippen LogP contribution in [0.3, 0.4) is 0 Å². The van der Waals surface area contributed by atoms with Gasteiger partial charge in [-0.2, -0.15) is 0 Å². The summed E-state index contributed by atoms with van der Waals surface area (Å²) in [6, 6.07) is 0. The lowest BCUT2D eigenvalue weighted by molar-refractivity contribution is -0.0172. The summed E-state index contributed by atoms with van der Waals surface area (Å²) in [6.45, 7) is 3.37. The van der Waals surface area contributed by atoms with Crippen LogP contribution in [0.4, 0.5) is 5.82 Å². The van der Waals surface area contributed by atoms with Crippen LogP contribution in [-0.4, -0.2) is 41.7 Å². The molecule has 1 saturated heterocycles. The molecule has 1 aliphatic heterocycles. The van der Waals surface area contributed by atoms with Gasteiger partial charge in [0.05, 0.1) is 18.7 Å². The van der Waals surface area contributed by atoms with Gasteiger partial charge in [-0.25, -0.2) is 9.97 Å². The molecule has 0 aliphatic carbocycles. The predicted molar refractivity (Wildman–Crippen MR) is 58.2 cm³/mol. The lowest BCUT2D eigenvalue weighted by Gasteiger charge is -2.47. The van der Waals surface area contributed by atoms with Crippen LogP contribution >= 0.6 is 0 Å². The van der Waals surface area contributed by atoms with Gasteiger partial charge in [-0.15, -0.1) is 0 Å². The van der Waals surface area contributed by atoms with Crippen LogP contribution in [0.2, 0.25) is 0 Å². The van der Waals surface area contributed by atoms with Gasteiger partial charge in [0.15, 0.2) is 11.5 Å². The molecular weight excluding hydrogens is 208 g/mol. The average Bonchev–Trinajstić information content (AvgIpc) is 2.24. The summed E-state index contributed by atoms with van der Waals surface area (Å²) in [5.74, 6) is -0.0290. The zero-order valence-electron chi connectivity index (χ0n) is 9.30. The fraction of sp³-hybridized carbons (Fsp3) is 0.500. The molecule has 1 amide bonds. The van der Waals surface area contributed by atoms with Gasteiger partial charge in [-0.3, -0.25) is 4.79 Å². The Hall–Kier alpha value is -1.69. The number of rotatable bonds is 3. The zero-order valence-corrected chi connectivity index (χ0v) is 9.30. The molecular formula is C10H14N4O2. The van der Waals surface area contributed by atoms with E-state index < -0.39 is 5.91 Å². The molecule has 1 aromatic heterocycles. The fourth-order valence-electron chi connectivity index (χ4n) is 1.78. The maximum Gasteiger partial charge on any atom is 0.271 e. The summed E-state index contributed by atoms with van der Waals surface area (Å²) < 4.78 is 5.32. The van der Waals surface area contributed by atoms with E-state index in [-0.39, 0.29) is 11.3 Å². The second-order valence-corrected chi connectivity index (χ2v) is 4.10. The van der Waals surface area contributed by atoms with Gasteiger partial charge < -0.3 is 15.4 Å². The standard InChI is InChI=1S/C10H14N4O2/c1-10(16-2)5-14(6-10)9-7(8(11)15)12-3-4-13-9/h3-4H,5-6H2,1-2H3,(H2,11,15). The van der Waals surface area contributed by atoms with Gasteiger partial charge in [0.1, 0.15) is 0 Å². The van der Waals surface area contributed by atoms with Crippen molar-refractivity contribution in [3.63, 3.8) is 0 Å². The monoisotopic (exact) mass is 222 g/mol. The van der Waals surface area contributed by atoms with E-state index >= 15 is 0 Å². The van der Waals surface area contributed by atoms with Gasteiger partial charge in [-0.1, -0.05) is 0 Å². The van der Waals surface area contributed by atoms with E-state index in [2.05, 4.69) is 9.97 Å². The molecule has 1 fully saturated rings. The molecule has 1 aliphatic rings. The normalized spacial score (nSPS) is 18.0. The van der Waals surface area contributed by atoms with E-state index in [1.165, 1.54) is 6.20 Å². The molecule has 0 aromatic carbocycles. The minimum Gasteiger partial charge on any atom is -0.375 e.